The van der Waals surface area contributed by atoms with Gasteiger partial charge in [-0.15, -0.1) is 0 Å². The van der Waals surface area contributed by atoms with E-state index in [4.69, 9.17) is 4.74 Å². The Bertz CT molecular complexity index is 700. The number of hydrogen-bond donors (Lipinski definition) is 1. The van der Waals surface area contributed by atoms with Crippen LogP contribution in [0.25, 0.3) is 0 Å². The van der Waals surface area contributed by atoms with E-state index in [1.54, 1.807) is 6.92 Å². The molecule has 2 rings (SSSR count). The fourth-order valence-electron chi connectivity index (χ4n) is 3.24. The molecule has 1 N–H and O–H groups in total. The Kier molecular flexibility index (Phi) is 7.25. The molecule has 0 saturated heterocycles. The number of rotatable bonds is 5. The standard InChI is InChI=1S/C20H31N3O3S/c1-12-9-7-8-10-14(12)22-15(24)11-27-17-16(18(25)26-6)13(2)21-19(23-17)20(3,4)5/h12,14H,7-11H2,1-6H3,(H,22,24)/t12-,14+/m0/s1. The summed E-state index contributed by atoms with van der Waals surface area (Å²) >= 11 is 1.27. The van der Waals surface area contributed by atoms with Crippen LogP contribution in [0.4, 0.5) is 0 Å². The zero-order chi connectivity index (χ0) is 20.2. The number of aryl methyl sites for hydroxylation is 1. The van der Waals surface area contributed by atoms with Gasteiger partial charge in [-0.05, 0) is 25.7 Å². The number of methoxy groups -OCH3 is 1. The number of thioether (sulfide) groups is 1. The van der Waals surface area contributed by atoms with Crippen LogP contribution >= 0.6 is 11.8 Å². The van der Waals surface area contributed by atoms with Crippen LogP contribution in [0, 0.1) is 12.8 Å². The molecule has 150 valence electrons. The lowest BCUT2D eigenvalue weighted by atomic mass is 9.86. The molecule has 0 spiro atoms. The molecule has 0 radical (unpaired) electrons. The number of nitrogens with one attached hydrogen (secondary N) is 1. The van der Waals surface area contributed by atoms with Crippen LogP contribution in [0.5, 0.6) is 0 Å². The quantitative estimate of drug-likeness (QED) is 0.467. The molecule has 1 fully saturated rings. The second-order valence-corrected chi connectivity index (χ2v) is 9.24. The van der Waals surface area contributed by atoms with Crippen molar-refractivity contribution in [1.29, 1.82) is 0 Å². The normalized spacial score (nSPS) is 20.2. The largest absolute Gasteiger partial charge is 0.465 e. The molecule has 1 aliphatic carbocycles. The minimum Gasteiger partial charge on any atom is -0.465 e. The number of esters is 1. The van der Waals surface area contributed by atoms with E-state index in [-0.39, 0.29) is 23.1 Å². The summed E-state index contributed by atoms with van der Waals surface area (Å²) in [4.78, 5) is 33.7. The van der Waals surface area contributed by atoms with Gasteiger partial charge in [-0.1, -0.05) is 52.3 Å². The average Bonchev–Trinajstić information content (AvgIpc) is 2.60. The Labute approximate surface area is 166 Å². The molecule has 1 aromatic rings. The molecule has 1 saturated carbocycles. The van der Waals surface area contributed by atoms with E-state index in [1.807, 2.05) is 20.8 Å². The number of carbonyl (C=O) groups is 2. The van der Waals surface area contributed by atoms with Crippen LogP contribution in [-0.4, -0.2) is 40.7 Å². The molecule has 0 unspecified atom stereocenters. The third-order valence-corrected chi connectivity index (χ3v) is 5.89. The predicted molar refractivity (Wildman–Crippen MR) is 107 cm³/mol. The summed E-state index contributed by atoms with van der Waals surface area (Å²) in [7, 11) is 1.34. The number of hydrogen-bond acceptors (Lipinski definition) is 6. The topological polar surface area (TPSA) is 81.2 Å². The zero-order valence-corrected chi connectivity index (χ0v) is 18.0. The minimum atomic E-state index is -0.475. The van der Waals surface area contributed by atoms with E-state index >= 15 is 0 Å². The SMILES string of the molecule is COC(=O)c1c(C)nc(C(C)(C)C)nc1SCC(=O)N[C@@H]1CCCC[C@@H]1C. The van der Waals surface area contributed by atoms with Gasteiger partial charge in [0.1, 0.15) is 16.4 Å². The molecule has 7 heteroatoms. The van der Waals surface area contributed by atoms with Crippen LogP contribution < -0.4 is 5.32 Å². The third-order valence-electron chi connectivity index (χ3n) is 4.91. The molecular weight excluding hydrogens is 362 g/mol. The lowest BCUT2D eigenvalue weighted by molar-refractivity contribution is -0.119. The zero-order valence-electron chi connectivity index (χ0n) is 17.2. The highest BCUT2D eigenvalue weighted by Gasteiger charge is 2.26. The smallest absolute Gasteiger partial charge is 0.342 e. The predicted octanol–water partition coefficient (Wildman–Crippen LogP) is 3.66. The monoisotopic (exact) mass is 393 g/mol. The first kappa shape index (κ1) is 21.7. The molecule has 1 aromatic heterocycles. The van der Waals surface area contributed by atoms with Crippen LogP contribution in [0.1, 0.15) is 75.3 Å². The van der Waals surface area contributed by atoms with Crippen molar-refractivity contribution in [3.63, 3.8) is 0 Å². The molecule has 1 aliphatic rings. The number of aromatic nitrogens is 2. The Morgan fingerprint density at radius 3 is 2.48 bits per heavy atom. The van der Waals surface area contributed by atoms with Gasteiger partial charge < -0.3 is 10.1 Å². The van der Waals surface area contributed by atoms with Gasteiger partial charge in [0, 0.05) is 11.5 Å². The highest BCUT2D eigenvalue weighted by Crippen LogP contribution is 2.28. The molecule has 0 aliphatic heterocycles. The first-order chi connectivity index (χ1) is 12.6. The molecule has 2 atom stereocenters. The fraction of sp³-hybridized carbons (Fsp3) is 0.700. The number of carbonyl (C=O) groups excluding carboxylic acids is 2. The summed E-state index contributed by atoms with van der Waals surface area (Å²) in [5.41, 5.74) is 0.661. The Morgan fingerprint density at radius 2 is 1.89 bits per heavy atom. The van der Waals surface area contributed by atoms with E-state index in [1.165, 1.54) is 25.3 Å². The van der Waals surface area contributed by atoms with Gasteiger partial charge in [-0.2, -0.15) is 0 Å². The second kappa shape index (κ2) is 9.04. The summed E-state index contributed by atoms with van der Waals surface area (Å²) in [6, 6.07) is 0.240. The van der Waals surface area contributed by atoms with Gasteiger partial charge in [0.05, 0.1) is 18.6 Å². The first-order valence-corrected chi connectivity index (χ1v) is 10.5. The second-order valence-electron chi connectivity index (χ2n) is 8.28. The van der Waals surface area contributed by atoms with Crippen LogP contribution in [0.15, 0.2) is 5.03 Å². The van der Waals surface area contributed by atoms with Crippen LogP contribution in [-0.2, 0) is 14.9 Å². The van der Waals surface area contributed by atoms with Gasteiger partial charge in [0.15, 0.2) is 0 Å². The van der Waals surface area contributed by atoms with Crippen LogP contribution in [0.3, 0.4) is 0 Å². The summed E-state index contributed by atoms with van der Waals surface area (Å²) in [6.45, 7) is 10.0. The minimum absolute atomic E-state index is 0.0249. The molecule has 0 bridgehead atoms. The highest BCUT2D eigenvalue weighted by atomic mass is 32.2. The number of ether oxygens (including phenoxy) is 1. The van der Waals surface area contributed by atoms with Crippen molar-refractivity contribution in [2.24, 2.45) is 5.92 Å². The van der Waals surface area contributed by atoms with E-state index in [0.717, 1.165) is 19.3 Å². The Hall–Kier alpha value is -1.63. The van der Waals surface area contributed by atoms with Crippen LogP contribution in [0.2, 0.25) is 0 Å². The van der Waals surface area contributed by atoms with Crippen molar-refractivity contribution in [3.05, 3.63) is 17.1 Å². The van der Waals surface area contributed by atoms with E-state index in [0.29, 0.717) is 28.0 Å². The van der Waals surface area contributed by atoms with E-state index in [2.05, 4.69) is 22.2 Å². The highest BCUT2D eigenvalue weighted by molar-refractivity contribution is 8.00. The van der Waals surface area contributed by atoms with Crippen molar-refractivity contribution in [3.8, 4) is 0 Å². The van der Waals surface area contributed by atoms with Crippen molar-refractivity contribution >= 4 is 23.6 Å². The van der Waals surface area contributed by atoms with Crippen molar-refractivity contribution in [2.45, 2.75) is 76.8 Å². The van der Waals surface area contributed by atoms with E-state index < -0.39 is 5.97 Å². The van der Waals surface area contributed by atoms with Gasteiger partial charge in [0.25, 0.3) is 0 Å². The summed E-state index contributed by atoms with van der Waals surface area (Å²) < 4.78 is 4.89. The van der Waals surface area contributed by atoms with Crippen molar-refractivity contribution in [1.82, 2.24) is 15.3 Å². The van der Waals surface area contributed by atoms with Gasteiger partial charge in [-0.25, -0.2) is 14.8 Å². The first-order valence-electron chi connectivity index (χ1n) is 9.53. The molecular formula is C20H31N3O3S. The summed E-state index contributed by atoms with van der Waals surface area (Å²) in [5.74, 6) is 0.872. The van der Waals surface area contributed by atoms with E-state index in [9.17, 15) is 9.59 Å². The van der Waals surface area contributed by atoms with Crippen molar-refractivity contribution < 1.29 is 14.3 Å². The third kappa shape index (κ3) is 5.67. The maximum absolute atomic E-state index is 12.5. The molecule has 1 heterocycles. The number of amides is 1. The average molecular weight is 394 g/mol. The molecule has 6 nitrogen and oxygen atoms in total. The Balaban J connectivity index is 2.16. The summed E-state index contributed by atoms with van der Waals surface area (Å²) in [5, 5.41) is 3.65. The van der Waals surface area contributed by atoms with Gasteiger partial charge in [0.2, 0.25) is 5.91 Å². The van der Waals surface area contributed by atoms with Gasteiger partial charge >= 0.3 is 5.97 Å². The van der Waals surface area contributed by atoms with Crippen molar-refractivity contribution in [2.75, 3.05) is 12.9 Å². The lowest BCUT2D eigenvalue weighted by Crippen LogP contribution is -2.41. The molecule has 27 heavy (non-hydrogen) atoms. The Morgan fingerprint density at radius 1 is 1.22 bits per heavy atom. The van der Waals surface area contributed by atoms with Gasteiger partial charge in [-0.3, -0.25) is 4.79 Å². The summed E-state index contributed by atoms with van der Waals surface area (Å²) in [6.07, 6.45) is 4.59. The maximum Gasteiger partial charge on any atom is 0.342 e. The lowest BCUT2D eigenvalue weighted by Gasteiger charge is -2.29. The molecule has 0 aromatic carbocycles. The maximum atomic E-state index is 12.5. The molecule has 1 amide bonds. The fourth-order valence-corrected chi connectivity index (χ4v) is 4.11. The number of nitrogens with zero attached hydrogens (tertiary/aromatic N) is 2.